The largest absolute Gasteiger partial charge is 0.390 e. The van der Waals surface area contributed by atoms with Gasteiger partial charge in [-0.1, -0.05) is 0 Å². The fraction of sp³-hybridized carbons (Fsp3) is 0.727. The van der Waals surface area contributed by atoms with E-state index in [4.69, 9.17) is 0 Å². The van der Waals surface area contributed by atoms with Gasteiger partial charge in [-0.2, -0.15) is 5.10 Å². The number of aromatic nitrogens is 2. The highest BCUT2D eigenvalue weighted by atomic mass is 16.3. The van der Waals surface area contributed by atoms with Crippen LogP contribution in [0.4, 0.5) is 0 Å². The Balaban J connectivity index is 2.80. The van der Waals surface area contributed by atoms with Gasteiger partial charge in [0.25, 0.3) is 0 Å². The first kappa shape index (κ1) is 12.2. The van der Waals surface area contributed by atoms with Crippen molar-refractivity contribution in [3.05, 3.63) is 17.5 Å². The van der Waals surface area contributed by atoms with Crippen LogP contribution in [0.15, 0.2) is 6.07 Å². The molecule has 0 spiro atoms. The molecule has 0 aliphatic carbocycles. The zero-order valence-electron chi connectivity index (χ0n) is 9.86. The molecule has 0 amide bonds. The monoisotopic (exact) mass is 212 g/mol. The van der Waals surface area contributed by atoms with E-state index < -0.39 is 11.7 Å². The van der Waals surface area contributed by atoms with Crippen LogP contribution in [-0.4, -0.2) is 31.7 Å². The van der Waals surface area contributed by atoms with Crippen molar-refractivity contribution in [1.29, 1.82) is 0 Å². The molecule has 0 saturated heterocycles. The molecular weight excluding hydrogens is 192 g/mol. The molecule has 0 radical (unpaired) electrons. The minimum Gasteiger partial charge on any atom is -0.390 e. The second kappa shape index (κ2) is 4.33. The lowest BCUT2D eigenvalue weighted by Gasteiger charge is -2.24. The highest BCUT2D eigenvalue weighted by molar-refractivity contribution is 5.10. The SMILES string of the molecule is CCn1nc(C)cc1CC(O)C(C)(C)O. The van der Waals surface area contributed by atoms with Crippen molar-refractivity contribution in [2.24, 2.45) is 0 Å². The van der Waals surface area contributed by atoms with Crippen molar-refractivity contribution in [1.82, 2.24) is 9.78 Å². The molecule has 1 unspecified atom stereocenters. The normalized spacial score (nSPS) is 14.3. The molecule has 0 bridgehead atoms. The van der Waals surface area contributed by atoms with Crippen LogP contribution < -0.4 is 0 Å². The Labute approximate surface area is 90.5 Å². The second-order valence-electron chi connectivity index (χ2n) is 4.47. The van der Waals surface area contributed by atoms with E-state index in [2.05, 4.69) is 5.10 Å². The summed E-state index contributed by atoms with van der Waals surface area (Å²) in [5.74, 6) is 0. The molecule has 1 aromatic rings. The summed E-state index contributed by atoms with van der Waals surface area (Å²) in [6.07, 6.45) is -0.336. The molecule has 4 nitrogen and oxygen atoms in total. The van der Waals surface area contributed by atoms with Crippen LogP contribution in [-0.2, 0) is 13.0 Å². The summed E-state index contributed by atoms with van der Waals surface area (Å²) >= 11 is 0. The molecule has 2 N–H and O–H groups in total. The third-order valence-corrected chi connectivity index (χ3v) is 2.50. The molecule has 0 aromatic carbocycles. The van der Waals surface area contributed by atoms with E-state index in [-0.39, 0.29) is 0 Å². The summed E-state index contributed by atoms with van der Waals surface area (Å²) < 4.78 is 1.85. The minimum absolute atomic E-state index is 0.429. The first-order chi connectivity index (χ1) is 6.84. The van der Waals surface area contributed by atoms with Crippen LogP contribution in [0, 0.1) is 6.92 Å². The Kier molecular flexibility index (Phi) is 3.52. The average Bonchev–Trinajstić information content (AvgIpc) is 2.44. The van der Waals surface area contributed by atoms with Gasteiger partial charge < -0.3 is 10.2 Å². The van der Waals surface area contributed by atoms with E-state index in [1.807, 2.05) is 24.6 Å². The summed E-state index contributed by atoms with van der Waals surface area (Å²) in [4.78, 5) is 0. The van der Waals surface area contributed by atoms with E-state index in [9.17, 15) is 10.2 Å². The van der Waals surface area contributed by atoms with Crippen molar-refractivity contribution in [2.45, 2.75) is 52.4 Å². The Bertz CT molecular complexity index is 326. The Morgan fingerprint density at radius 3 is 2.60 bits per heavy atom. The summed E-state index contributed by atoms with van der Waals surface area (Å²) in [5.41, 5.74) is 0.830. The van der Waals surface area contributed by atoms with E-state index in [1.165, 1.54) is 0 Å². The summed E-state index contributed by atoms with van der Waals surface area (Å²) in [7, 11) is 0. The van der Waals surface area contributed by atoms with Gasteiger partial charge in [-0.05, 0) is 33.8 Å². The first-order valence-corrected chi connectivity index (χ1v) is 5.28. The molecule has 0 saturated carbocycles. The second-order valence-corrected chi connectivity index (χ2v) is 4.47. The standard InChI is InChI=1S/C11H20N2O2/c1-5-13-9(6-8(2)12-13)7-10(14)11(3,4)15/h6,10,14-15H,5,7H2,1-4H3. The molecule has 1 rings (SSSR count). The zero-order chi connectivity index (χ0) is 11.6. The van der Waals surface area contributed by atoms with Gasteiger partial charge in [0, 0.05) is 18.7 Å². The van der Waals surface area contributed by atoms with Gasteiger partial charge in [-0.3, -0.25) is 4.68 Å². The number of hydrogen-bond donors (Lipinski definition) is 2. The van der Waals surface area contributed by atoms with Crippen molar-refractivity contribution in [3.63, 3.8) is 0 Å². The maximum absolute atomic E-state index is 9.78. The first-order valence-electron chi connectivity index (χ1n) is 5.28. The fourth-order valence-electron chi connectivity index (χ4n) is 1.49. The average molecular weight is 212 g/mol. The Morgan fingerprint density at radius 2 is 2.13 bits per heavy atom. The lowest BCUT2D eigenvalue weighted by atomic mass is 9.97. The van der Waals surface area contributed by atoms with Crippen LogP contribution in [0.2, 0.25) is 0 Å². The van der Waals surface area contributed by atoms with Gasteiger partial charge in [0.2, 0.25) is 0 Å². The predicted octanol–water partition coefficient (Wildman–Crippen LogP) is 0.886. The maximum Gasteiger partial charge on any atom is 0.0876 e. The molecule has 0 aliphatic heterocycles. The van der Waals surface area contributed by atoms with Crippen LogP contribution in [0.3, 0.4) is 0 Å². The molecular formula is C11H20N2O2. The van der Waals surface area contributed by atoms with Crippen LogP contribution in [0.25, 0.3) is 0 Å². The van der Waals surface area contributed by atoms with E-state index in [0.29, 0.717) is 6.42 Å². The lowest BCUT2D eigenvalue weighted by molar-refractivity contribution is -0.0477. The van der Waals surface area contributed by atoms with E-state index in [0.717, 1.165) is 17.9 Å². The highest BCUT2D eigenvalue weighted by Gasteiger charge is 2.25. The van der Waals surface area contributed by atoms with E-state index in [1.54, 1.807) is 13.8 Å². The summed E-state index contributed by atoms with van der Waals surface area (Å²) in [6, 6.07) is 1.94. The lowest BCUT2D eigenvalue weighted by Crippen LogP contribution is -2.37. The minimum atomic E-state index is -1.07. The molecule has 1 heterocycles. The van der Waals surface area contributed by atoms with Gasteiger partial charge in [0.05, 0.1) is 17.4 Å². The molecule has 1 aromatic heterocycles. The van der Waals surface area contributed by atoms with Crippen molar-refractivity contribution in [3.8, 4) is 0 Å². The number of hydrogen-bond acceptors (Lipinski definition) is 3. The van der Waals surface area contributed by atoms with Gasteiger partial charge >= 0.3 is 0 Å². The summed E-state index contributed by atoms with van der Waals surface area (Å²) in [6.45, 7) is 7.93. The zero-order valence-corrected chi connectivity index (χ0v) is 9.86. The van der Waals surface area contributed by atoms with Crippen LogP contribution in [0.1, 0.15) is 32.2 Å². The van der Waals surface area contributed by atoms with Crippen molar-refractivity contribution in [2.75, 3.05) is 0 Å². The molecule has 15 heavy (non-hydrogen) atoms. The fourth-order valence-corrected chi connectivity index (χ4v) is 1.49. The Hall–Kier alpha value is -0.870. The third-order valence-electron chi connectivity index (χ3n) is 2.50. The van der Waals surface area contributed by atoms with Gasteiger partial charge in [-0.15, -0.1) is 0 Å². The number of rotatable bonds is 4. The Morgan fingerprint density at radius 1 is 1.53 bits per heavy atom. The topological polar surface area (TPSA) is 58.3 Å². The van der Waals surface area contributed by atoms with Gasteiger partial charge in [0.1, 0.15) is 0 Å². The summed E-state index contributed by atoms with van der Waals surface area (Å²) in [5, 5.41) is 23.7. The maximum atomic E-state index is 9.78. The van der Waals surface area contributed by atoms with Gasteiger partial charge in [-0.25, -0.2) is 0 Å². The third kappa shape index (κ3) is 3.04. The highest BCUT2D eigenvalue weighted by Crippen LogP contribution is 2.15. The number of aliphatic hydroxyl groups is 2. The van der Waals surface area contributed by atoms with E-state index >= 15 is 0 Å². The van der Waals surface area contributed by atoms with Crippen LogP contribution >= 0.6 is 0 Å². The molecule has 0 fully saturated rings. The quantitative estimate of drug-likeness (QED) is 0.779. The van der Waals surface area contributed by atoms with Crippen LogP contribution in [0.5, 0.6) is 0 Å². The van der Waals surface area contributed by atoms with Crippen molar-refractivity contribution < 1.29 is 10.2 Å². The number of aryl methyl sites for hydroxylation is 2. The smallest absolute Gasteiger partial charge is 0.0876 e. The molecule has 0 aliphatic rings. The van der Waals surface area contributed by atoms with Crippen molar-refractivity contribution >= 4 is 0 Å². The molecule has 86 valence electrons. The predicted molar refractivity (Wildman–Crippen MR) is 58.6 cm³/mol. The molecule has 1 atom stereocenters. The number of aliphatic hydroxyl groups excluding tert-OH is 1. The van der Waals surface area contributed by atoms with Gasteiger partial charge in [0.15, 0.2) is 0 Å². The molecule has 4 heteroatoms. The number of nitrogens with zero attached hydrogens (tertiary/aromatic N) is 2.